The van der Waals surface area contributed by atoms with Crippen LogP contribution < -0.4 is 4.90 Å². The van der Waals surface area contributed by atoms with Crippen LogP contribution in [0, 0.1) is 0 Å². The Bertz CT molecular complexity index is 3260. The minimum atomic E-state index is 1.11. The van der Waals surface area contributed by atoms with Crippen molar-refractivity contribution in [2.75, 3.05) is 4.90 Å². The Morgan fingerprint density at radius 2 is 0.804 bits per heavy atom. The molecule has 56 heavy (non-hydrogen) atoms. The molecular formula is C54H36N2. The van der Waals surface area contributed by atoms with Gasteiger partial charge in [-0.1, -0.05) is 146 Å². The predicted molar refractivity (Wildman–Crippen MR) is 239 cm³/mol. The molecule has 10 aromatic carbocycles. The molecule has 0 unspecified atom stereocenters. The number of benzene rings is 10. The van der Waals surface area contributed by atoms with Crippen molar-refractivity contribution in [3.63, 3.8) is 0 Å². The number of fused-ring (bicyclic) bond motifs is 6. The first kappa shape index (κ1) is 32.0. The van der Waals surface area contributed by atoms with Crippen molar-refractivity contribution < 1.29 is 0 Å². The second-order valence-corrected chi connectivity index (χ2v) is 14.6. The van der Waals surface area contributed by atoms with Crippen molar-refractivity contribution in [3.8, 4) is 27.9 Å². The largest absolute Gasteiger partial charge is 0.310 e. The van der Waals surface area contributed by atoms with Crippen molar-refractivity contribution in [3.05, 3.63) is 218 Å². The van der Waals surface area contributed by atoms with E-state index in [1.807, 2.05) is 0 Å². The van der Waals surface area contributed by atoms with Gasteiger partial charge in [-0.2, -0.15) is 0 Å². The van der Waals surface area contributed by atoms with Crippen molar-refractivity contribution in [2.45, 2.75) is 0 Å². The molecule has 0 bridgehead atoms. The van der Waals surface area contributed by atoms with Crippen molar-refractivity contribution in [1.82, 2.24) is 4.57 Å². The molecule has 0 aliphatic rings. The maximum absolute atomic E-state index is 2.45. The molecule has 11 aromatic rings. The SMILES string of the molecule is c1ccc(-n2c3ccccc3c3c(N(c4ccc5ccccc5c4)c4ccc5ccc(-c6cccc(-c7ccc8ccccc8c7)c6)cc5c4)cccc32)cc1. The van der Waals surface area contributed by atoms with Crippen LogP contribution in [-0.2, 0) is 0 Å². The molecule has 1 aromatic heterocycles. The number of para-hydroxylation sites is 2. The lowest BCUT2D eigenvalue weighted by Gasteiger charge is -2.27. The van der Waals surface area contributed by atoms with Crippen LogP contribution in [0.3, 0.4) is 0 Å². The van der Waals surface area contributed by atoms with Gasteiger partial charge in [-0.3, -0.25) is 0 Å². The van der Waals surface area contributed by atoms with E-state index >= 15 is 0 Å². The molecule has 0 saturated carbocycles. The van der Waals surface area contributed by atoms with Crippen LogP contribution in [0.5, 0.6) is 0 Å². The van der Waals surface area contributed by atoms with E-state index in [2.05, 4.69) is 228 Å². The van der Waals surface area contributed by atoms with Crippen LogP contribution in [0.15, 0.2) is 218 Å². The second kappa shape index (κ2) is 13.2. The Morgan fingerprint density at radius 1 is 0.304 bits per heavy atom. The summed E-state index contributed by atoms with van der Waals surface area (Å²) >= 11 is 0. The van der Waals surface area contributed by atoms with Gasteiger partial charge in [0, 0.05) is 27.8 Å². The van der Waals surface area contributed by atoms with Crippen LogP contribution in [0.2, 0.25) is 0 Å². The van der Waals surface area contributed by atoms with Gasteiger partial charge in [-0.15, -0.1) is 0 Å². The van der Waals surface area contributed by atoms with Gasteiger partial charge < -0.3 is 9.47 Å². The van der Waals surface area contributed by atoms with Crippen molar-refractivity contribution >= 4 is 71.2 Å². The normalized spacial score (nSPS) is 11.6. The molecular weight excluding hydrogens is 677 g/mol. The van der Waals surface area contributed by atoms with Gasteiger partial charge in [-0.25, -0.2) is 0 Å². The number of hydrogen-bond donors (Lipinski definition) is 0. The molecule has 0 fully saturated rings. The third-order valence-corrected chi connectivity index (χ3v) is 11.3. The number of hydrogen-bond acceptors (Lipinski definition) is 1. The lowest BCUT2D eigenvalue weighted by Crippen LogP contribution is -2.10. The van der Waals surface area contributed by atoms with Crippen molar-refractivity contribution in [1.29, 1.82) is 0 Å². The average Bonchev–Trinajstić information content (AvgIpc) is 3.61. The third kappa shape index (κ3) is 5.42. The molecule has 2 nitrogen and oxygen atoms in total. The van der Waals surface area contributed by atoms with Crippen LogP contribution in [0.25, 0.3) is 82.1 Å². The Labute approximate surface area is 325 Å². The zero-order valence-electron chi connectivity index (χ0n) is 30.7. The maximum atomic E-state index is 2.45. The molecule has 0 aliphatic carbocycles. The Morgan fingerprint density at radius 3 is 1.52 bits per heavy atom. The fourth-order valence-corrected chi connectivity index (χ4v) is 8.58. The summed E-state index contributed by atoms with van der Waals surface area (Å²) < 4.78 is 2.39. The van der Waals surface area contributed by atoms with Crippen LogP contribution >= 0.6 is 0 Å². The summed E-state index contributed by atoms with van der Waals surface area (Å²) in [7, 11) is 0. The van der Waals surface area contributed by atoms with E-state index < -0.39 is 0 Å². The smallest absolute Gasteiger partial charge is 0.0562 e. The molecule has 0 atom stereocenters. The maximum Gasteiger partial charge on any atom is 0.0562 e. The van der Waals surface area contributed by atoms with Crippen molar-refractivity contribution in [2.24, 2.45) is 0 Å². The van der Waals surface area contributed by atoms with Gasteiger partial charge in [-0.05, 0) is 127 Å². The number of aromatic nitrogens is 1. The second-order valence-electron chi connectivity index (χ2n) is 14.6. The standard InChI is InChI=1S/C54H36N2/c1-2-18-47(19-3-1)56-51-21-9-8-20-50(51)54-52(22-11-23-53(54)56)55(48-30-28-38-13-5-7-15-43(38)35-48)49-31-29-39-25-27-45(34-46(39)36-49)42-17-10-16-41(33-42)44-26-24-37-12-4-6-14-40(37)32-44/h1-36H. The molecule has 1 heterocycles. The van der Waals surface area contributed by atoms with Gasteiger partial charge in [0.2, 0.25) is 0 Å². The summed E-state index contributed by atoms with van der Waals surface area (Å²) in [6, 6.07) is 79.6. The summed E-state index contributed by atoms with van der Waals surface area (Å²) in [5.41, 5.74) is 11.7. The number of anilines is 3. The highest BCUT2D eigenvalue weighted by Gasteiger charge is 2.21. The molecule has 0 spiro atoms. The molecule has 0 aliphatic heterocycles. The summed E-state index contributed by atoms with van der Waals surface area (Å²) in [5, 5.41) is 9.80. The molecule has 262 valence electrons. The van der Waals surface area contributed by atoms with Gasteiger partial charge in [0.25, 0.3) is 0 Å². The van der Waals surface area contributed by atoms with Gasteiger partial charge in [0.05, 0.1) is 16.7 Å². The Kier molecular flexibility index (Phi) is 7.53. The first-order valence-electron chi connectivity index (χ1n) is 19.3. The minimum Gasteiger partial charge on any atom is -0.310 e. The van der Waals surface area contributed by atoms with Crippen LogP contribution in [-0.4, -0.2) is 4.57 Å². The highest BCUT2D eigenvalue weighted by atomic mass is 15.1. The summed E-state index contributed by atoms with van der Waals surface area (Å²) in [6.07, 6.45) is 0. The van der Waals surface area contributed by atoms with E-state index in [1.165, 1.54) is 76.4 Å². The third-order valence-electron chi connectivity index (χ3n) is 11.3. The zero-order chi connectivity index (χ0) is 37.0. The first-order chi connectivity index (χ1) is 27.7. The van der Waals surface area contributed by atoms with Gasteiger partial charge in [0.1, 0.15) is 0 Å². The highest BCUT2D eigenvalue weighted by Crippen LogP contribution is 2.45. The monoisotopic (exact) mass is 712 g/mol. The summed E-state index contributed by atoms with van der Waals surface area (Å²) in [5.74, 6) is 0. The van der Waals surface area contributed by atoms with E-state index in [9.17, 15) is 0 Å². The van der Waals surface area contributed by atoms with Crippen LogP contribution in [0.1, 0.15) is 0 Å². The fraction of sp³-hybridized carbons (Fsp3) is 0. The predicted octanol–water partition coefficient (Wildman–Crippen LogP) is 15.0. The quantitative estimate of drug-likeness (QED) is 0.167. The average molecular weight is 713 g/mol. The molecule has 2 heteroatoms. The molecule has 0 radical (unpaired) electrons. The number of rotatable bonds is 6. The fourth-order valence-electron chi connectivity index (χ4n) is 8.58. The summed E-state index contributed by atoms with van der Waals surface area (Å²) in [4.78, 5) is 2.45. The molecule has 0 N–H and O–H groups in total. The minimum absolute atomic E-state index is 1.11. The van der Waals surface area contributed by atoms with E-state index in [-0.39, 0.29) is 0 Å². The molecule has 0 saturated heterocycles. The zero-order valence-corrected chi connectivity index (χ0v) is 30.7. The molecule has 0 amide bonds. The Hall–Kier alpha value is -7.42. The van der Waals surface area contributed by atoms with Gasteiger partial charge in [0.15, 0.2) is 0 Å². The highest BCUT2D eigenvalue weighted by molar-refractivity contribution is 6.17. The molecule has 11 rings (SSSR count). The van der Waals surface area contributed by atoms with Crippen LogP contribution in [0.4, 0.5) is 17.1 Å². The Balaban J connectivity index is 1.09. The van der Waals surface area contributed by atoms with E-state index in [4.69, 9.17) is 0 Å². The van der Waals surface area contributed by atoms with E-state index in [0.717, 1.165) is 22.7 Å². The van der Waals surface area contributed by atoms with E-state index in [1.54, 1.807) is 0 Å². The first-order valence-corrected chi connectivity index (χ1v) is 19.3. The number of nitrogens with zero attached hydrogens (tertiary/aromatic N) is 2. The van der Waals surface area contributed by atoms with Gasteiger partial charge >= 0.3 is 0 Å². The summed E-state index contributed by atoms with van der Waals surface area (Å²) in [6.45, 7) is 0. The topological polar surface area (TPSA) is 8.17 Å². The lowest BCUT2D eigenvalue weighted by atomic mass is 9.96. The van der Waals surface area contributed by atoms with E-state index in [0.29, 0.717) is 0 Å². The lowest BCUT2D eigenvalue weighted by molar-refractivity contribution is 1.18.